The quantitative estimate of drug-likeness (QED) is 0.788. The second-order valence-electron chi connectivity index (χ2n) is 6.50. The summed E-state index contributed by atoms with van der Waals surface area (Å²) in [5, 5.41) is 9.37. The number of nitrogens with zero attached hydrogens (tertiary/aromatic N) is 4. The van der Waals surface area contributed by atoms with Gasteiger partial charge in [0.25, 0.3) is 0 Å². The predicted molar refractivity (Wildman–Crippen MR) is 82.0 cm³/mol. The fraction of sp³-hybridized carbons (Fsp3) is 0.625. The molecule has 2 heterocycles. The van der Waals surface area contributed by atoms with E-state index in [1.165, 1.54) is 0 Å². The maximum absolute atomic E-state index is 9.37. The summed E-state index contributed by atoms with van der Waals surface area (Å²) in [6.07, 6.45) is 0. The first kappa shape index (κ1) is 14.8. The van der Waals surface area contributed by atoms with Crippen LogP contribution in [-0.4, -0.2) is 41.6 Å². The second-order valence-corrected chi connectivity index (χ2v) is 6.50. The molecule has 1 aromatic heterocycles. The van der Waals surface area contributed by atoms with Crippen LogP contribution in [0.4, 0.5) is 5.69 Å². The minimum atomic E-state index is 0.216. The van der Waals surface area contributed by atoms with E-state index in [1.807, 2.05) is 19.9 Å². The highest BCUT2D eigenvalue weighted by Gasteiger charge is 2.27. The zero-order valence-corrected chi connectivity index (χ0v) is 13.2. The molecule has 108 valence electrons. The molecule has 0 N–H and O–H groups in total. The number of pyridine rings is 1. The van der Waals surface area contributed by atoms with Gasteiger partial charge in [-0.3, -0.25) is 9.88 Å². The van der Waals surface area contributed by atoms with Crippen LogP contribution in [0.25, 0.3) is 0 Å². The van der Waals surface area contributed by atoms with Gasteiger partial charge in [-0.1, -0.05) is 0 Å². The monoisotopic (exact) mass is 272 g/mol. The Morgan fingerprint density at radius 2 is 1.75 bits per heavy atom. The summed E-state index contributed by atoms with van der Waals surface area (Å²) in [5.74, 6) is 0. The molecular formula is C16H24N4. The van der Waals surface area contributed by atoms with Crippen molar-refractivity contribution in [3.05, 3.63) is 23.0 Å². The number of anilines is 1. The molecule has 4 nitrogen and oxygen atoms in total. The van der Waals surface area contributed by atoms with Gasteiger partial charge in [-0.25, -0.2) is 0 Å². The van der Waals surface area contributed by atoms with Crippen molar-refractivity contribution < 1.29 is 0 Å². The number of rotatable bonds is 1. The van der Waals surface area contributed by atoms with Gasteiger partial charge in [0, 0.05) is 37.4 Å². The molecule has 1 saturated heterocycles. The SMILES string of the molecule is Cc1cc(N2CCN(C(C)(C)C)CC2)c(C#N)c(C)n1. The number of hydrogen-bond donors (Lipinski definition) is 0. The Kier molecular flexibility index (Phi) is 4.01. The van der Waals surface area contributed by atoms with Crippen LogP contribution in [0.1, 0.15) is 37.7 Å². The first-order valence-corrected chi connectivity index (χ1v) is 7.21. The van der Waals surface area contributed by atoms with Gasteiger partial charge < -0.3 is 4.90 Å². The van der Waals surface area contributed by atoms with Crippen LogP contribution in [-0.2, 0) is 0 Å². The van der Waals surface area contributed by atoms with E-state index >= 15 is 0 Å². The van der Waals surface area contributed by atoms with Crippen LogP contribution in [0, 0.1) is 25.2 Å². The van der Waals surface area contributed by atoms with E-state index in [4.69, 9.17) is 0 Å². The molecule has 4 heteroatoms. The zero-order valence-electron chi connectivity index (χ0n) is 13.2. The molecule has 1 aliphatic heterocycles. The fourth-order valence-electron chi connectivity index (χ4n) is 2.81. The van der Waals surface area contributed by atoms with Crippen LogP contribution in [0.3, 0.4) is 0 Å². The highest BCUT2D eigenvalue weighted by atomic mass is 15.3. The molecule has 20 heavy (non-hydrogen) atoms. The van der Waals surface area contributed by atoms with E-state index in [-0.39, 0.29) is 5.54 Å². The summed E-state index contributed by atoms with van der Waals surface area (Å²) < 4.78 is 0. The van der Waals surface area contributed by atoms with Crippen molar-refractivity contribution in [3.8, 4) is 6.07 Å². The second kappa shape index (κ2) is 5.41. The van der Waals surface area contributed by atoms with Gasteiger partial charge in [0.1, 0.15) is 6.07 Å². The normalized spacial score (nSPS) is 17.1. The Balaban J connectivity index is 2.21. The predicted octanol–water partition coefficient (Wildman–Crippen LogP) is 2.49. The summed E-state index contributed by atoms with van der Waals surface area (Å²) in [5.41, 5.74) is 3.80. The molecule has 0 saturated carbocycles. The Hall–Kier alpha value is -1.60. The highest BCUT2D eigenvalue weighted by molar-refractivity contribution is 5.61. The van der Waals surface area contributed by atoms with Gasteiger partial charge in [-0.2, -0.15) is 5.26 Å². The summed E-state index contributed by atoms with van der Waals surface area (Å²) in [7, 11) is 0. The third-order valence-electron chi connectivity index (χ3n) is 3.99. The number of hydrogen-bond acceptors (Lipinski definition) is 4. The maximum Gasteiger partial charge on any atom is 0.103 e. The molecule has 0 bridgehead atoms. The topological polar surface area (TPSA) is 43.2 Å². The highest BCUT2D eigenvalue weighted by Crippen LogP contribution is 2.26. The first-order valence-electron chi connectivity index (χ1n) is 7.21. The van der Waals surface area contributed by atoms with Crippen LogP contribution >= 0.6 is 0 Å². The van der Waals surface area contributed by atoms with Gasteiger partial charge in [0.2, 0.25) is 0 Å². The average molecular weight is 272 g/mol. The Labute approximate surface area is 122 Å². The minimum Gasteiger partial charge on any atom is -0.368 e. The van der Waals surface area contributed by atoms with Crippen molar-refractivity contribution >= 4 is 5.69 Å². The Morgan fingerprint density at radius 1 is 1.15 bits per heavy atom. The van der Waals surface area contributed by atoms with Crippen LogP contribution < -0.4 is 4.90 Å². The van der Waals surface area contributed by atoms with Crippen molar-refractivity contribution in [3.63, 3.8) is 0 Å². The lowest BCUT2D eigenvalue weighted by Gasteiger charge is -2.43. The molecule has 1 aliphatic rings. The van der Waals surface area contributed by atoms with Crippen molar-refractivity contribution in [2.24, 2.45) is 0 Å². The maximum atomic E-state index is 9.37. The Bertz CT molecular complexity index is 529. The lowest BCUT2D eigenvalue weighted by atomic mass is 10.0. The molecule has 0 atom stereocenters. The number of nitriles is 1. The van der Waals surface area contributed by atoms with Crippen LogP contribution in [0.5, 0.6) is 0 Å². The van der Waals surface area contributed by atoms with Gasteiger partial charge in [0.05, 0.1) is 16.9 Å². The Morgan fingerprint density at radius 3 is 2.25 bits per heavy atom. The molecule has 0 aliphatic carbocycles. The van der Waals surface area contributed by atoms with E-state index < -0.39 is 0 Å². The summed E-state index contributed by atoms with van der Waals surface area (Å²) >= 11 is 0. The number of aromatic nitrogens is 1. The molecule has 1 aromatic rings. The van der Waals surface area contributed by atoms with E-state index in [0.29, 0.717) is 0 Å². The smallest absolute Gasteiger partial charge is 0.103 e. The van der Waals surface area contributed by atoms with E-state index in [0.717, 1.165) is 48.8 Å². The molecule has 0 aromatic carbocycles. The molecule has 0 radical (unpaired) electrons. The fourth-order valence-corrected chi connectivity index (χ4v) is 2.81. The van der Waals surface area contributed by atoms with Crippen molar-refractivity contribution in [1.82, 2.24) is 9.88 Å². The summed E-state index contributed by atoms with van der Waals surface area (Å²) in [4.78, 5) is 9.21. The summed E-state index contributed by atoms with van der Waals surface area (Å²) in [6.45, 7) is 14.7. The lowest BCUT2D eigenvalue weighted by molar-refractivity contribution is 0.128. The molecule has 0 unspecified atom stereocenters. The van der Waals surface area contributed by atoms with E-state index in [2.05, 4.69) is 41.6 Å². The molecule has 2 rings (SSSR count). The summed E-state index contributed by atoms with van der Waals surface area (Å²) in [6, 6.07) is 4.35. The van der Waals surface area contributed by atoms with Gasteiger partial charge >= 0.3 is 0 Å². The number of piperazine rings is 1. The van der Waals surface area contributed by atoms with E-state index in [9.17, 15) is 5.26 Å². The van der Waals surface area contributed by atoms with E-state index in [1.54, 1.807) is 0 Å². The lowest BCUT2D eigenvalue weighted by Crippen LogP contribution is -2.53. The van der Waals surface area contributed by atoms with Gasteiger partial charge in [0.15, 0.2) is 0 Å². The first-order chi connectivity index (χ1) is 9.32. The largest absolute Gasteiger partial charge is 0.368 e. The average Bonchev–Trinajstić information content (AvgIpc) is 2.37. The van der Waals surface area contributed by atoms with Gasteiger partial charge in [-0.15, -0.1) is 0 Å². The van der Waals surface area contributed by atoms with Crippen LogP contribution in [0.15, 0.2) is 6.07 Å². The molecule has 1 fully saturated rings. The van der Waals surface area contributed by atoms with Gasteiger partial charge in [-0.05, 0) is 40.7 Å². The zero-order chi connectivity index (χ0) is 14.9. The van der Waals surface area contributed by atoms with Crippen molar-refractivity contribution in [2.75, 3.05) is 31.1 Å². The molecular weight excluding hydrogens is 248 g/mol. The third kappa shape index (κ3) is 2.94. The third-order valence-corrected chi connectivity index (χ3v) is 3.99. The van der Waals surface area contributed by atoms with Crippen molar-refractivity contribution in [2.45, 2.75) is 40.2 Å². The van der Waals surface area contributed by atoms with Crippen molar-refractivity contribution in [1.29, 1.82) is 5.26 Å². The molecule has 0 spiro atoms. The number of aryl methyl sites for hydroxylation is 2. The van der Waals surface area contributed by atoms with Crippen LogP contribution in [0.2, 0.25) is 0 Å². The molecule has 0 amide bonds. The minimum absolute atomic E-state index is 0.216. The standard InChI is InChI=1S/C16H24N4/c1-12-10-15(14(11-17)13(2)18-12)19-6-8-20(9-7-19)16(3,4)5/h10H,6-9H2,1-5H3.